The molecule has 6 nitrogen and oxygen atoms in total. The maximum absolute atomic E-state index is 12.5. The molecule has 1 aliphatic rings. The van der Waals surface area contributed by atoms with Gasteiger partial charge >= 0.3 is 0 Å². The Balaban J connectivity index is 1.85. The smallest absolute Gasteiger partial charge is 0.240 e. The van der Waals surface area contributed by atoms with Gasteiger partial charge in [0.15, 0.2) is 0 Å². The van der Waals surface area contributed by atoms with Gasteiger partial charge in [-0.3, -0.25) is 4.72 Å². The first-order valence-corrected chi connectivity index (χ1v) is 12.1. The molecule has 0 unspecified atom stereocenters. The van der Waals surface area contributed by atoms with Crippen molar-refractivity contribution in [2.75, 3.05) is 10.5 Å². The van der Waals surface area contributed by atoms with Crippen LogP contribution >= 0.6 is 23.2 Å². The van der Waals surface area contributed by atoms with Crippen LogP contribution in [0.25, 0.3) is 0 Å². The summed E-state index contributed by atoms with van der Waals surface area (Å²) in [5, 5.41) is 6.08. The normalized spacial score (nSPS) is 14.2. The van der Waals surface area contributed by atoms with Gasteiger partial charge < -0.3 is 0 Å². The molecule has 0 aliphatic heterocycles. The topological polar surface area (TPSA) is 106 Å². The van der Waals surface area contributed by atoms with E-state index in [-0.39, 0.29) is 22.8 Å². The first kappa shape index (κ1) is 20.4. The highest BCUT2D eigenvalue weighted by Gasteiger charge is 2.26. The van der Waals surface area contributed by atoms with Crippen molar-refractivity contribution in [3.8, 4) is 0 Å². The summed E-state index contributed by atoms with van der Waals surface area (Å²) in [6, 6.07) is 8.09. The molecule has 0 saturated heterocycles. The second kappa shape index (κ2) is 7.60. The summed E-state index contributed by atoms with van der Waals surface area (Å²) in [5.74, 6) is -0.244. The van der Waals surface area contributed by atoms with E-state index in [0.29, 0.717) is 27.6 Å². The Morgan fingerprint density at radius 1 is 1.00 bits per heavy atom. The van der Waals surface area contributed by atoms with Gasteiger partial charge in [-0.2, -0.15) is 0 Å². The summed E-state index contributed by atoms with van der Waals surface area (Å²) in [4.78, 5) is -0.129. The zero-order chi connectivity index (χ0) is 19.8. The number of anilines is 1. The number of nitrogens with one attached hydrogen (secondary N) is 1. The van der Waals surface area contributed by atoms with E-state index in [4.69, 9.17) is 28.3 Å². The van der Waals surface area contributed by atoms with Gasteiger partial charge in [0.05, 0.1) is 21.5 Å². The number of hydrogen-bond acceptors (Lipinski definition) is 4. The Kier molecular flexibility index (Phi) is 5.74. The van der Waals surface area contributed by atoms with Gasteiger partial charge in [0.2, 0.25) is 20.0 Å². The van der Waals surface area contributed by atoms with Crippen LogP contribution in [0.4, 0.5) is 5.69 Å². The van der Waals surface area contributed by atoms with E-state index < -0.39 is 20.0 Å². The summed E-state index contributed by atoms with van der Waals surface area (Å²) in [7, 11) is -7.87. The third-order valence-electron chi connectivity index (χ3n) is 4.42. The standard InChI is InChI=1S/C17H18Cl2N2O4S2/c18-14-6-4-11(10-15(14)19)8-9-26(22,23)21-16-7-5-12-2-1-3-13(12)17(16)27(20,24)25/h4-7,10,21H,1-3,8-9H2,(H2,20,24,25). The van der Waals surface area contributed by atoms with Crippen molar-refractivity contribution < 1.29 is 16.8 Å². The number of sulfonamides is 2. The molecule has 2 aromatic rings. The second-order valence-corrected chi connectivity index (χ2v) is 10.6. The number of primary sulfonamides is 1. The average Bonchev–Trinajstić information content (AvgIpc) is 3.02. The number of rotatable bonds is 6. The predicted molar refractivity (Wildman–Crippen MR) is 107 cm³/mol. The van der Waals surface area contributed by atoms with Crippen LogP contribution in [-0.4, -0.2) is 22.6 Å². The zero-order valence-corrected chi connectivity index (χ0v) is 17.3. The second-order valence-electron chi connectivity index (χ2n) is 6.40. The van der Waals surface area contributed by atoms with E-state index in [2.05, 4.69) is 4.72 Å². The maximum Gasteiger partial charge on any atom is 0.240 e. The molecular weight excluding hydrogens is 431 g/mol. The molecular formula is C17H18Cl2N2O4S2. The molecule has 3 rings (SSSR count). The number of nitrogens with two attached hydrogens (primary N) is 1. The molecule has 10 heteroatoms. The molecule has 0 amide bonds. The van der Waals surface area contributed by atoms with Crippen LogP contribution in [0.5, 0.6) is 0 Å². The quantitative estimate of drug-likeness (QED) is 0.707. The predicted octanol–water partition coefficient (Wildman–Crippen LogP) is 3.11. The molecule has 0 saturated carbocycles. The van der Waals surface area contributed by atoms with Crippen LogP contribution in [0, 0.1) is 0 Å². The minimum Gasteiger partial charge on any atom is -0.282 e. The first-order valence-electron chi connectivity index (χ1n) is 8.19. The number of halogens is 2. The molecule has 0 bridgehead atoms. The third kappa shape index (κ3) is 4.75. The lowest BCUT2D eigenvalue weighted by Crippen LogP contribution is -2.22. The van der Waals surface area contributed by atoms with Gasteiger partial charge in [-0.25, -0.2) is 22.0 Å². The van der Waals surface area contributed by atoms with E-state index in [1.165, 1.54) is 6.07 Å². The molecule has 146 valence electrons. The van der Waals surface area contributed by atoms with Gasteiger partial charge in [0, 0.05) is 0 Å². The highest BCUT2D eigenvalue weighted by Crippen LogP contribution is 2.34. The van der Waals surface area contributed by atoms with Crippen LogP contribution in [0.3, 0.4) is 0 Å². The molecule has 27 heavy (non-hydrogen) atoms. The van der Waals surface area contributed by atoms with Crippen LogP contribution in [-0.2, 0) is 39.3 Å². The van der Waals surface area contributed by atoms with Gasteiger partial charge in [-0.1, -0.05) is 35.3 Å². The van der Waals surface area contributed by atoms with Gasteiger partial charge in [0.25, 0.3) is 0 Å². The SMILES string of the molecule is NS(=O)(=O)c1c(NS(=O)(=O)CCc2ccc(Cl)c(Cl)c2)ccc2c1CCC2. The summed E-state index contributed by atoms with van der Waals surface area (Å²) in [5.41, 5.74) is 2.18. The Morgan fingerprint density at radius 2 is 1.74 bits per heavy atom. The summed E-state index contributed by atoms with van der Waals surface area (Å²) >= 11 is 11.8. The van der Waals surface area contributed by atoms with E-state index in [0.717, 1.165) is 18.4 Å². The Labute approximate surface area is 168 Å². The van der Waals surface area contributed by atoms with Crippen LogP contribution in [0.2, 0.25) is 10.0 Å². The van der Waals surface area contributed by atoms with Crippen molar-refractivity contribution >= 4 is 48.9 Å². The Hall–Kier alpha value is -1.32. The summed E-state index contributed by atoms with van der Waals surface area (Å²) in [6.07, 6.45) is 2.31. The number of fused-ring (bicyclic) bond motifs is 1. The highest BCUT2D eigenvalue weighted by molar-refractivity contribution is 7.93. The lowest BCUT2D eigenvalue weighted by atomic mass is 10.1. The molecule has 0 atom stereocenters. The van der Waals surface area contributed by atoms with Crippen LogP contribution in [0.15, 0.2) is 35.2 Å². The van der Waals surface area contributed by atoms with Gasteiger partial charge in [-0.15, -0.1) is 0 Å². The number of aryl methyl sites for hydroxylation is 2. The van der Waals surface area contributed by atoms with E-state index in [9.17, 15) is 16.8 Å². The lowest BCUT2D eigenvalue weighted by molar-refractivity contribution is 0.597. The summed E-state index contributed by atoms with van der Waals surface area (Å²) in [6.45, 7) is 0. The minimum absolute atomic E-state index is 0.00714. The summed E-state index contributed by atoms with van der Waals surface area (Å²) < 4.78 is 51.5. The number of benzene rings is 2. The van der Waals surface area contributed by atoms with Crippen molar-refractivity contribution in [3.63, 3.8) is 0 Å². The lowest BCUT2D eigenvalue weighted by Gasteiger charge is -2.15. The minimum atomic E-state index is -4.07. The molecule has 1 aliphatic carbocycles. The molecule has 0 heterocycles. The zero-order valence-electron chi connectivity index (χ0n) is 14.2. The highest BCUT2D eigenvalue weighted by atomic mass is 35.5. The first-order chi connectivity index (χ1) is 12.6. The van der Waals surface area contributed by atoms with Crippen LogP contribution in [0.1, 0.15) is 23.1 Å². The van der Waals surface area contributed by atoms with Gasteiger partial charge in [-0.05, 0) is 60.6 Å². The van der Waals surface area contributed by atoms with E-state index in [1.807, 2.05) is 0 Å². The third-order valence-corrected chi connectivity index (χ3v) is 7.47. The van der Waals surface area contributed by atoms with Gasteiger partial charge in [0.1, 0.15) is 4.90 Å². The molecule has 0 spiro atoms. The molecule has 3 N–H and O–H groups in total. The van der Waals surface area contributed by atoms with Crippen molar-refractivity contribution in [2.24, 2.45) is 5.14 Å². The molecule has 0 radical (unpaired) electrons. The van der Waals surface area contributed by atoms with E-state index >= 15 is 0 Å². The van der Waals surface area contributed by atoms with Crippen molar-refractivity contribution in [3.05, 3.63) is 57.1 Å². The molecule has 0 fully saturated rings. The van der Waals surface area contributed by atoms with E-state index in [1.54, 1.807) is 24.3 Å². The maximum atomic E-state index is 12.5. The largest absolute Gasteiger partial charge is 0.282 e. The fraction of sp³-hybridized carbons (Fsp3) is 0.294. The fourth-order valence-corrected chi connectivity index (χ4v) is 5.70. The monoisotopic (exact) mass is 448 g/mol. The Morgan fingerprint density at radius 3 is 2.41 bits per heavy atom. The molecule has 0 aromatic heterocycles. The van der Waals surface area contributed by atoms with Crippen molar-refractivity contribution in [2.45, 2.75) is 30.6 Å². The van der Waals surface area contributed by atoms with Crippen molar-refractivity contribution in [1.29, 1.82) is 0 Å². The Bertz CT molecular complexity index is 1100. The average molecular weight is 449 g/mol. The fourth-order valence-electron chi connectivity index (χ4n) is 3.20. The van der Waals surface area contributed by atoms with Crippen molar-refractivity contribution in [1.82, 2.24) is 0 Å². The van der Waals surface area contributed by atoms with Crippen LogP contribution < -0.4 is 9.86 Å². The number of hydrogen-bond donors (Lipinski definition) is 2. The molecule has 2 aromatic carbocycles.